The standard InChI is InChI=1S/C20H26N4O4/c1-3-6-21-16(25)12-24-11-14-4-5-15-17(18(14)22-24)13(2)19(28-15)20(26)23-7-9-27-10-8-23/h11H,3-10,12H2,1-2H3,(H,21,25). The molecule has 0 bridgehead atoms. The van der Waals surface area contributed by atoms with Crippen molar-refractivity contribution in [3.8, 4) is 11.3 Å². The first-order valence-electron chi connectivity index (χ1n) is 9.91. The predicted octanol–water partition coefficient (Wildman–Crippen LogP) is 1.55. The van der Waals surface area contributed by atoms with Gasteiger partial charge in [-0.05, 0) is 25.3 Å². The first-order chi connectivity index (χ1) is 13.6. The van der Waals surface area contributed by atoms with Gasteiger partial charge >= 0.3 is 0 Å². The Labute approximate surface area is 163 Å². The zero-order chi connectivity index (χ0) is 19.7. The average molecular weight is 386 g/mol. The molecule has 4 rings (SSSR count). The number of nitrogens with one attached hydrogen (secondary N) is 1. The molecule has 0 radical (unpaired) electrons. The highest BCUT2D eigenvalue weighted by Gasteiger charge is 2.32. The minimum absolute atomic E-state index is 0.0472. The molecule has 0 saturated carbocycles. The van der Waals surface area contributed by atoms with E-state index in [1.54, 1.807) is 9.58 Å². The summed E-state index contributed by atoms with van der Waals surface area (Å²) >= 11 is 0. The Balaban J connectivity index is 1.59. The molecule has 3 heterocycles. The van der Waals surface area contributed by atoms with Gasteiger partial charge in [-0.2, -0.15) is 5.10 Å². The molecule has 2 aromatic heterocycles. The molecule has 1 fully saturated rings. The lowest BCUT2D eigenvalue weighted by atomic mass is 9.93. The number of fused-ring (bicyclic) bond motifs is 3. The molecule has 2 amide bonds. The third-order valence-electron chi connectivity index (χ3n) is 5.29. The van der Waals surface area contributed by atoms with Crippen LogP contribution in [0.4, 0.5) is 0 Å². The van der Waals surface area contributed by atoms with Crippen molar-refractivity contribution in [1.29, 1.82) is 0 Å². The third-order valence-corrected chi connectivity index (χ3v) is 5.29. The molecule has 0 unspecified atom stereocenters. The zero-order valence-corrected chi connectivity index (χ0v) is 16.4. The maximum atomic E-state index is 12.9. The minimum Gasteiger partial charge on any atom is -0.455 e. The first-order valence-corrected chi connectivity index (χ1v) is 9.91. The molecule has 28 heavy (non-hydrogen) atoms. The van der Waals surface area contributed by atoms with E-state index in [1.807, 2.05) is 20.0 Å². The van der Waals surface area contributed by atoms with Crippen LogP contribution in [0.1, 0.15) is 40.8 Å². The summed E-state index contributed by atoms with van der Waals surface area (Å²) in [6.07, 6.45) is 4.35. The van der Waals surface area contributed by atoms with Gasteiger partial charge in [-0.3, -0.25) is 14.3 Å². The van der Waals surface area contributed by atoms with Crippen LogP contribution in [0.25, 0.3) is 11.3 Å². The smallest absolute Gasteiger partial charge is 0.290 e. The number of aromatic nitrogens is 2. The van der Waals surface area contributed by atoms with E-state index in [0.717, 1.165) is 47.4 Å². The van der Waals surface area contributed by atoms with Crippen LogP contribution in [0.5, 0.6) is 0 Å². The largest absolute Gasteiger partial charge is 0.455 e. The summed E-state index contributed by atoms with van der Waals surface area (Å²) in [5.41, 5.74) is 3.65. The molecule has 1 saturated heterocycles. The molecular weight excluding hydrogens is 360 g/mol. The monoisotopic (exact) mass is 386 g/mol. The van der Waals surface area contributed by atoms with Crippen LogP contribution in [0.15, 0.2) is 10.6 Å². The molecular formula is C20H26N4O4. The molecule has 150 valence electrons. The Kier molecular flexibility index (Phi) is 5.21. The van der Waals surface area contributed by atoms with Crippen molar-refractivity contribution in [2.75, 3.05) is 32.8 Å². The van der Waals surface area contributed by atoms with Gasteiger partial charge in [0.1, 0.15) is 12.3 Å². The molecule has 1 N–H and O–H groups in total. The summed E-state index contributed by atoms with van der Waals surface area (Å²) in [7, 11) is 0. The fourth-order valence-electron chi connectivity index (χ4n) is 3.83. The first kappa shape index (κ1) is 18.7. The fourth-order valence-corrected chi connectivity index (χ4v) is 3.83. The van der Waals surface area contributed by atoms with Crippen molar-refractivity contribution in [2.45, 2.75) is 39.7 Å². The average Bonchev–Trinajstić information content (AvgIpc) is 3.26. The number of nitrogens with zero attached hydrogens (tertiary/aromatic N) is 3. The van der Waals surface area contributed by atoms with Gasteiger partial charge in [0.05, 0.1) is 18.9 Å². The quantitative estimate of drug-likeness (QED) is 0.842. The summed E-state index contributed by atoms with van der Waals surface area (Å²) < 4.78 is 13.0. The Hall–Kier alpha value is -2.61. The van der Waals surface area contributed by atoms with Gasteiger partial charge in [-0.25, -0.2) is 0 Å². The molecule has 2 aromatic rings. The summed E-state index contributed by atoms with van der Waals surface area (Å²) in [5, 5.41) is 7.51. The zero-order valence-electron chi connectivity index (χ0n) is 16.4. The van der Waals surface area contributed by atoms with E-state index in [-0.39, 0.29) is 18.4 Å². The summed E-state index contributed by atoms with van der Waals surface area (Å²) in [6.45, 7) is 7.06. The van der Waals surface area contributed by atoms with Gasteiger partial charge in [0.25, 0.3) is 5.91 Å². The van der Waals surface area contributed by atoms with Gasteiger partial charge in [0.15, 0.2) is 5.76 Å². The molecule has 1 aliphatic carbocycles. The van der Waals surface area contributed by atoms with Crippen LogP contribution in [0, 0.1) is 6.92 Å². The topological polar surface area (TPSA) is 89.6 Å². The van der Waals surface area contributed by atoms with E-state index in [1.165, 1.54) is 0 Å². The van der Waals surface area contributed by atoms with E-state index in [4.69, 9.17) is 9.15 Å². The molecule has 0 spiro atoms. The van der Waals surface area contributed by atoms with E-state index in [9.17, 15) is 9.59 Å². The maximum absolute atomic E-state index is 12.9. The maximum Gasteiger partial charge on any atom is 0.290 e. The van der Waals surface area contributed by atoms with Crippen LogP contribution in [-0.4, -0.2) is 59.3 Å². The number of carbonyl (C=O) groups is 2. The summed E-state index contributed by atoms with van der Waals surface area (Å²) in [6, 6.07) is 0. The number of morpholine rings is 1. The molecule has 8 nitrogen and oxygen atoms in total. The van der Waals surface area contributed by atoms with E-state index >= 15 is 0 Å². The Bertz CT molecular complexity index is 892. The van der Waals surface area contributed by atoms with Crippen LogP contribution >= 0.6 is 0 Å². The second-order valence-electron chi connectivity index (χ2n) is 7.31. The molecule has 8 heteroatoms. The molecule has 2 aliphatic rings. The lowest BCUT2D eigenvalue weighted by Gasteiger charge is -2.26. The highest BCUT2D eigenvalue weighted by molar-refractivity contribution is 5.95. The Morgan fingerprint density at radius 2 is 2.04 bits per heavy atom. The number of aryl methyl sites for hydroxylation is 2. The van der Waals surface area contributed by atoms with Crippen molar-refractivity contribution in [2.24, 2.45) is 0 Å². The number of carbonyl (C=O) groups excluding carboxylic acids is 2. The summed E-state index contributed by atoms with van der Waals surface area (Å²) in [4.78, 5) is 26.7. The SMILES string of the molecule is CCCNC(=O)Cn1cc2c(n1)-c1c(oc(C(=O)N3CCOCC3)c1C)CC2. The number of furan rings is 1. The van der Waals surface area contributed by atoms with Gasteiger partial charge in [0.2, 0.25) is 5.91 Å². The third kappa shape index (κ3) is 3.44. The number of rotatable bonds is 5. The second kappa shape index (κ2) is 7.79. The summed E-state index contributed by atoms with van der Waals surface area (Å²) in [5.74, 6) is 1.07. The lowest BCUT2D eigenvalue weighted by Crippen LogP contribution is -2.40. The van der Waals surface area contributed by atoms with Crippen LogP contribution < -0.4 is 5.32 Å². The fraction of sp³-hybridized carbons (Fsp3) is 0.550. The van der Waals surface area contributed by atoms with Gasteiger partial charge in [0, 0.05) is 43.4 Å². The van der Waals surface area contributed by atoms with Crippen molar-refractivity contribution in [3.63, 3.8) is 0 Å². The normalized spacial score (nSPS) is 15.9. The van der Waals surface area contributed by atoms with E-state index in [0.29, 0.717) is 38.6 Å². The van der Waals surface area contributed by atoms with Gasteiger partial charge in [-0.1, -0.05) is 6.92 Å². The van der Waals surface area contributed by atoms with Crippen LogP contribution in [0.2, 0.25) is 0 Å². The number of amides is 2. The second-order valence-corrected chi connectivity index (χ2v) is 7.31. The van der Waals surface area contributed by atoms with E-state index < -0.39 is 0 Å². The lowest BCUT2D eigenvalue weighted by molar-refractivity contribution is -0.121. The van der Waals surface area contributed by atoms with Crippen LogP contribution in [0.3, 0.4) is 0 Å². The van der Waals surface area contributed by atoms with E-state index in [2.05, 4.69) is 10.4 Å². The highest BCUT2D eigenvalue weighted by atomic mass is 16.5. The Morgan fingerprint density at radius 3 is 2.79 bits per heavy atom. The number of hydrogen-bond acceptors (Lipinski definition) is 5. The number of ether oxygens (including phenoxy) is 1. The number of hydrogen-bond donors (Lipinski definition) is 1. The van der Waals surface area contributed by atoms with Gasteiger partial charge < -0.3 is 19.4 Å². The van der Waals surface area contributed by atoms with Crippen LogP contribution in [-0.2, 0) is 28.9 Å². The van der Waals surface area contributed by atoms with Crippen molar-refractivity contribution >= 4 is 11.8 Å². The molecule has 0 aromatic carbocycles. The van der Waals surface area contributed by atoms with Gasteiger partial charge in [-0.15, -0.1) is 0 Å². The van der Waals surface area contributed by atoms with Crippen molar-refractivity contribution in [3.05, 3.63) is 28.8 Å². The van der Waals surface area contributed by atoms with Crippen molar-refractivity contribution < 1.29 is 18.7 Å². The molecule has 0 atom stereocenters. The Morgan fingerprint density at radius 1 is 1.25 bits per heavy atom. The predicted molar refractivity (Wildman–Crippen MR) is 102 cm³/mol. The minimum atomic E-state index is -0.0878. The van der Waals surface area contributed by atoms with Crippen molar-refractivity contribution in [1.82, 2.24) is 20.0 Å². The highest BCUT2D eigenvalue weighted by Crippen LogP contribution is 2.38. The molecule has 1 aliphatic heterocycles.